The third kappa shape index (κ3) is 4.04. The van der Waals surface area contributed by atoms with Gasteiger partial charge < -0.3 is 20.1 Å². The number of aliphatic hydroxyl groups excluding tert-OH is 1. The number of aliphatic hydroxyl groups is 1. The lowest BCUT2D eigenvalue weighted by Crippen LogP contribution is -2.24. The van der Waals surface area contributed by atoms with Gasteiger partial charge in [0.05, 0.1) is 19.8 Å². The maximum Gasteiger partial charge on any atom is 0.128 e. The summed E-state index contributed by atoms with van der Waals surface area (Å²) >= 11 is 0. The molecule has 2 heterocycles. The topological polar surface area (TPSA) is 57.6 Å². The average molecular weight is 327 g/mol. The molecule has 2 aromatic rings. The SMILES string of the molecule is COc1cccc(C(CO)NCc2ccc(N3CCCC3)nc2)c1. The zero-order valence-corrected chi connectivity index (χ0v) is 14.1. The number of hydrogen-bond donors (Lipinski definition) is 2. The van der Waals surface area contributed by atoms with Crippen molar-refractivity contribution in [3.8, 4) is 5.75 Å². The smallest absolute Gasteiger partial charge is 0.128 e. The average Bonchev–Trinajstić information content (AvgIpc) is 3.18. The van der Waals surface area contributed by atoms with E-state index < -0.39 is 0 Å². The van der Waals surface area contributed by atoms with Gasteiger partial charge >= 0.3 is 0 Å². The minimum atomic E-state index is -0.127. The van der Waals surface area contributed by atoms with Gasteiger partial charge in [0.2, 0.25) is 0 Å². The predicted octanol–water partition coefficient (Wildman–Crippen LogP) is 2.51. The van der Waals surface area contributed by atoms with Crippen molar-refractivity contribution in [3.63, 3.8) is 0 Å². The fraction of sp³-hybridized carbons (Fsp3) is 0.421. The van der Waals surface area contributed by atoms with Gasteiger partial charge in [0.25, 0.3) is 0 Å². The van der Waals surface area contributed by atoms with E-state index in [0.29, 0.717) is 6.54 Å². The van der Waals surface area contributed by atoms with E-state index >= 15 is 0 Å². The normalized spacial score (nSPS) is 15.5. The summed E-state index contributed by atoms with van der Waals surface area (Å²) in [6.07, 6.45) is 4.42. The molecule has 1 saturated heterocycles. The first kappa shape index (κ1) is 16.7. The van der Waals surface area contributed by atoms with Gasteiger partial charge in [-0.05, 0) is 42.2 Å². The molecule has 1 atom stereocenters. The molecule has 1 unspecified atom stereocenters. The van der Waals surface area contributed by atoms with E-state index in [1.54, 1.807) is 7.11 Å². The Morgan fingerprint density at radius 3 is 2.75 bits per heavy atom. The van der Waals surface area contributed by atoms with Crippen LogP contribution in [0.4, 0.5) is 5.82 Å². The number of nitrogens with one attached hydrogen (secondary N) is 1. The predicted molar refractivity (Wildman–Crippen MR) is 95.3 cm³/mol. The van der Waals surface area contributed by atoms with Crippen molar-refractivity contribution in [1.82, 2.24) is 10.3 Å². The molecule has 24 heavy (non-hydrogen) atoms. The third-order valence-electron chi connectivity index (χ3n) is 4.47. The van der Waals surface area contributed by atoms with Crippen molar-refractivity contribution in [2.75, 3.05) is 31.7 Å². The van der Waals surface area contributed by atoms with Crippen molar-refractivity contribution in [1.29, 1.82) is 0 Å². The Kier molecular flexibility index (Phi) is 5.67. The number of nitrogens with zero attached hydrogens (tertiary/aromatic N) is 2. The first-order valence-electron chi connectivity index (χ1n) is 8.48. The Morgan fingerprint density at radius 2 is 2.08 bits per heavy atom. The Bertz CT molecular complexity index is 639. The fourth-order valence-corrected chi connectivity index (χ4v) is 3.04. The van der Waals surface area contributed by atoms with Gasteiger partial charge in [-0.25, -0.2) is 4.98 Å². The Labute approximate surface area is 143 Å². The monoisotopic (exact) mass is 327 g/mol. The van der Waals surface area contributed by atoms with Crippen LogP contribution in [0.3, 0.4) is 0 Å². The summed E-state index contributed by atoms with van der Waals surface area (Å²) in [7, 11) is 1.65. The van der Waals surface area contributed by atoms with Crippen LogP contribution in [-0.2, 0) is 6.54 Å². The molecule has 1 fully saturated rings. The minimum Gasteiger partial charge on any atom is -0.497 e. The number of hydrogen-bond acceptors (Lipinski definition) is 5. The Balaban J connectivity index is 1.60. The molecular formula is C19H25N3O2. The lowest BCUT2D eigenvalue weighted by Gasteiger charge is -2.19. The highest BCUT2D eigenvalue weighted by atomic mass is 16.5. The number of pyridine rings is 1. The van der Waals surface area contributed by atoms with E-state index in [4.69, 9.17) is 4.74 Å². The molecule has 0 spiro atoms. The van der Waals surface area contributed by atoms with Crippen LogP contribution >= 0.6 is 0 Å². The fourth-order valence-electron chi connectivity index (χ4n) is 3.04. The molecule has 0 saturated carbocycles. The summed E-state index contributed by atoms with van der Waals surface area (Å²) in [5.74, 6) is 1.85. The highest BCUT2D eigenvalue weighted by Crippen LogP contribution is 2.20. The van der Waals surface area contributed by atoms with Crippen molar-refractivity contribution < 1.29 is 9.84 Å². The lowest BCUT2D eigenvalue weighted by molar-refractivity contribution is 0.243. The molecule has 0 radical (unpaired) electrons. The van der Waals surface area contributed by atoms with Crippen molar-refractivity contribution >= 4 is 5.82 Å². The molecule has 1 aromatic carbocycles. The molecule has 128 valence electrons. The Morgan fingerprint density at radius 1 is 1.25 bits per heavy atom. The van der Waals surface area contributed by atoms with E-state index in [-0.39, 0.29) is 12.6 Å². The number of rotatable bonds is 7. The summed E-state index contributed by atoms with van der Waals surface area (Å²) < 4.78 is 5.25. The van der Waals surface area contributed by atoms with Crippen LogP contribution in [0.2, 0.25) is 0 Å². The molecule has 0 bridgehead atoms. The van der Waals surface area contributed by atoms with E-state index in [9.17, 15) is 5.11 Å². The third-order valence-corrected chi connectivity index (χ3v) is 4.47. The molecule has 1 aliphatic rings. The highest BCUT2D eigenvalue weighted by Gasteiger charge is 2.14. The van der Waals surface area contributed by atoms with Crippen LogP contribution in [0, 0.1) is 0 Å². The summed E-state index contributed by atoms with van der Waals surface area (Å²) in [6, 6.07) is 11.8. The number of benzene rings is 1. The highest BCUT2D eigenvalue weighted by molar-refractivity contribution is 5.40. The molecule has 0 aliphatic carbocycles. The first-order valence-corrected chi connectivity index (χ1v) is 8.48. The first-order chi connectivity index (χ1) is 11.8. The standard InChI is InChI=1S/C19H25N3O2/c1-24-17-6-4-5-16(11-17)18(14-23)20-12-15-7-8-19(21-13-15)22-9-2-3-10-22/h4-8,11,13,18,20,23H,2-3,9-10,12,14H2,1H3. The van der Waals surface area contributed by atoms with Crippen LogP contribution < -0.4 is 15.0 Å². The van der Waals surface area contributed by atoms with Gasteiger partial charge in [-0.3, -0.25) is 0 Å². The van der Waals surface area contributed by atoms with Crippen LogP contribution in [0.15, 0.2) is 42.6 Å². The van der Waals surface area contributed by atoms with Gasteiger partial charge in [-0.15, -0.1) is 0 Å². The van der Waals surface area contributed by atoms with Gasteiger partial charge in [-0.2, -0.15) is 0 Å². The van der Waals surface area contributed by atoms with Crippen molar-refractivity contribution in [2.45, 2.75) is 25.4 Å². The minimum absolute atomic E-state index is 0.0342. The number of methoxy groups -OCH3 is 1. The molecule has 1 aliphatic heterocycles. The summed E-state index contributed by atoms with van der Waals surface area (Å²) in [5.41, 5.74) is 2.12. The van der Waals surface area contributed by atoms with Crippen LogP contribution in [-0.4, -0.2) is 36.9 Å². The summed E-state index contributed by atoms with van der Waals surface area (Å²) in [6.45, 7) is 2.90. The van der Waals surface area contributed by atoms with Crippen LogP contribution in [0.25, 0.3) is 0 Å². The maximum absolute atomic E-state index is 9.68. The number of ether oxygens (including phenoxy) is 1. The van der Waals surface area contributed by atoms with Gasteiger partial charge in [0.1, 0.15) is 11.6 Å². The van der Waals surface area contributed by atoms with Gasteiger partial charge in [0, 0.05) is 25.8 Å². The van der Waals surface area contributed by atoms with Crippen molar-refractivity contribution in [2.24, 2.45) is 0 Å². The summed E-state index contributed by atoms with van der Waals surface area (Å²) in [4.78, 5) is 6.89. The van der Waals surface area contributed by atoms with E-state index in [0.717, 1.165) is 35.8 Å². The second kappa shape index (κ2) is 8.13. The number of aromatic nitrogens is 1. The number of anilines is 1. The summed E-state index contributed by atoms with van der Waals surface area (Å²) in [5, 5.41) is 13.1. The van der Waals surface area contributed by atoms with Crippen LogP contribution in [0.5, 0.6) is 5.75 Å². The Hall–Kier alpha value is -2.11. The molecule has 1 aromatic heterocycles. The van der Waals surface area contributed by atoms with Gasteiger partial charge in [0.15, 0.2) is 0 Å². The molecule has 2 N–H and O–H groups in total. The second-order valence-corrected chi connectivity index (χ2v) is 6.11. The van der Waals surface area contributed by atoms with Gasteiger partial charge in [-0.1, -0.05) is 18.2 Å². The van der Waals surface area contributed by atoms with E-state index in [2.05, 4.69) is 27.3 Å². The maximum atomic E-state index is 9.68. The largest absolute Gasteiger partial charge is 0.497 e. The molecule has 0 amide bonds. The van der Waals surface area contributed by atoms with E-state index in [1.165, 1.54) is 12.8 Å². The second-order valence-electron chi connectivity index (χ2n) is 6.11. The molecular weight excluding hydrogens is 302 g/mol. The quantitative estimate of drug-likeness (QED) is 0.818. The molecule has 5 heteroatoms. The van der Waals surface area contributed by atoms with E-state index in [1.807, 2.05) is 30.5 Å². The molecule has 3 rings (SSSR count). The zero-order chi connectivity index (χ0) is 16.8. The lowest BCUT2D eigenvalue weighted by atomic mass is 10.1. The van der Waals surface area contributed by atoms with Crippen molar-refractivity contribution in [3.05, 3.63) is 53.7 Å². The van der Waals surface area contributed by atoms with Crippen LogP contribution in [0.1, 0.15) is 30.0 Å². The molecule has 5 nitrogen and oxygen atoms in total. The zero-order valence-electron chi connectivity index (χ0n) is 14.1.